The maximum atomic E-state index is 13.6. The molecular formula is C25H27BrN4O5S. The summed E-state index contributed by atoms with van der Waals surface area (Å²) in [5.41, 5.74) is 4.49. The van der Waals surface area contributed by atoms with Crippen LogP contribution in [0.4, 0.5) is 11.4 Å². The van der Waals surface area contributed by atoms with E-state index in [1.54, 1.807) is 30.3 Å². The third-order valence-electron chi connectivity index (χ3n) is 5.13. The van der Waals surface area contributed by atoms with Crippen LogP contribution < -0.4 is 24.1 Å². The van der Waals surface area contributed by atoms with Gasteiger partial charge in [0.2, 0.25) is 0 Å². The molecule has 3 aromatic carbocycles. The lowest BCUT2D eigenvalue weighted by molar-refractivity contribution is -0.119. The van der Waals surface area contributed by atoms with Crippen LogP contribution >= 0.6 is 15.9 Å². The van der Waals surface area contributed by atoms with E-state index in [0.717, 1.165) is 20.0 Å². The molecule has 0 heterocycles. The number of anilines is 2. The van der Waals surface area contributed by atoms with Gasteiger partial charge in [-0.1, -0.05) is 24.3 Å². The summed E-state index contributed by atoms with van der Waals surface area (Å²) in [6.07, 6.45) is 1.48. The van der Waals surface area contributed by atoms with E-state index >= 15 is 0 Å². The number of sulfonamides is 1. The van der Waals surface area contributed by atoms with Crippen molar-refractivity contribution in [3.8, 4) is 11.5 Å². The summed E-state index contributed by atoms with van der Waals surface area (Å²) in [5.74, 6) is 0.0373. The van der Waals surface area contributed by atoms with Crippen LogP contribution in [0.3, 0.4) is 0 Å². The lowest BCUT2D eigenvalue weighted by Gasteiger charge is -2.24. The normalized spacial score (nSPS) is 11.2. The first-order valence-corrected chi connectivity index (χ1v) is 13.0. The van der Waals surface area contributed by atoms with Crippen molar-refractivity contribution in [2.75, 3.05) is 44.1 Å². The molecule has 0 aromatic heterocycles. The van der Waals surface area contributed by atoms with Crippen LogP contribution in [0.15, 0.2) is 81.2 Å². The summed E-state index contributed by atoms with van der Waals surface area (Å²) < 4.78 is 39.5. The lowest BCUT2D eigenvalue weighted by Crippen LogP contribution is -2.39. The molecule has 1 amide bonds. The number of hydrogen-bond donors (Lipinski definition) is 1. The Kier molecular flexibility index (Phi) is 8.94. The second-order valence-corrected chi connectivity index (χ2v) is 10.5. The number of nitrogens with one attached hydrogen (secondary N) is 1. The molecule has 3 rings (SSSR count). The molecule has 0 unspecified atom stereocenters. The van der Waals surface area contributed by atoms with E-state index < -0.39 is 22.5 Å². The highest BCUT2D eigenvalue weighted by molar-refractivity contribution is 9.10. The number of ether oxygens (including phenoxy) is 2. The Morgan fingerprint density at radius 1 is 1.00 bits per heavy atom. The molecule has 11 heteroatoms. The van der Waals surface area contributed by atoms with Crippen molar-refractivity contribution in [3.05, 3.63) is 76.8 Å². The van der Waals surface area contributed by atoms with E-state index in [4.69, 9.17) is 9.47 Å². The Hall–Kier alpha value is -3.57. The first kappa shape index (κ1) is 27.0. The van der Waals surface area contributed by atoms with Gasteiger partial charge in [-0.05, 0) is 57.9 Å². The van der Waals surface area contributed by atoms with Gasteiger partial charge in [0.1, 0.15) is 6.54 Å². The summed E-state index contributed by atoms with van der Waals surface area (Å²) in [4.78, 5) is 14.6. The fourth-order valence-corrected chi connectivity index (χ4v) is 5.51. The van der Waals surface area contributed by atoms with Crippen LogP contribution in [0.1, 0.15) is 5.56 Å². The summed E-state index contributed by atoms with van der Waals surface area (Å²) in [7, 11) is 2.62. The molecule has 3 aromatic rings. The molecule has 0 bridgehead atoms. The van der Waals surface area contributed by atoms with Gasteiger partial charge in [0.25, 0.3) is 15.9 Å². The number of rotatable bonds is 10. The van der Waals surface area contributed by atoms with Crippen molar-refractivity contribution in [2.45, 2.75) is 4.90 Å². The Bertz CT molecular complexity index is 1350. The minimum Gasteiger partial charge on any atom is -0.493 e. The van der Waals surface area contributed by atoms with Crippen LogP contribution in [0.5, 0.6) is 11.5 Å². The summed E-state index contributed by atoms with van der Waals surface area (Å²) >= 11 is 3.51. The molecule has 0 aliphatic carbocycles. The van der Waals surface area contributed by atoms with E-state index in [2.05, 4.69) is 26.5 Å². The number of amides is 1. The highest BCUT2D eigenvalue weighted by atomic mass is 79.9. The Balaban J connectivity index is 1.83. The standard InChI is InChI=1S/C25H27BrN4O5S/c1-29(2)22-12-10-18(14-21(22)26)16-27-28-25(31)17-30(19-8-6-5-7-9-19)36(32,33)20-11-13-23(34-3)24(15-20)35-4/h5-16H,17H2,1-4H3,(H,28,31)/b27-16-. The fraction of sp³-hybridized carbons (Fsp3) is 0.200. The number of halogens is 1. The average Bonchev–Trinajstić information content (AvgIpc) is 2.87. The van der Waals surface area contributed by atoms with Gasteiger partial charge in [0.15, 0.2) is 11.5 Å². The van der Waals surface area contributed by atoms with Crippen molar-refractivity contribution in [2.24, 2.45) is 5.10 Å². The number of nitrogens with zero attached hydrogens (tertiary/aromatic N) is 3. The maximum absolute atomic E-state index is 13.6. The number of carbonyl (C=O) groups excluding carboxylic acids is 1. The molecule has 1 N–H and O–H groups in total. The van der Waals surface area contributed by atoms with Gasteiger partial charge in [0, 0.05) is 24.6 Å². The van der Waals surface area contributed by atoms with Gasteiger partial charge in [-0.3, -0.25) is 9.10 Å². The number of carbonyl (C=O) groups is 1. The molecule has 0 spiro atoms. The van der Waals surface area contributed by atoms with E-state index in [9.17, 15) is 13.2 Å². The van der Waals surface area contributed by atoms with Crippen LogP contribution in [0.25, 0.3) is 0 Å². The summed E-state index contributed by atoms with van der Waals surface area (Å²) in [6.45, 7) is -0.485. The van der Waals surface area contributed by atoms with Gasteiger partial charge in [-0.25, -0.2) is 13.8 Å². The predicted octanol–water partition coefficient (Wildman–Crippen LogP) is 3.88. The van der Waals surface area contributed by atoms with Gasteiger partial charge >= 0.3 is 0 Å². The zero-order valence-electron chi connectivity index (χ0n) is 20.3. The first-order chi connectivity index (χ1) is 17.2. The summed E-state index contributed by atoms with van der Waals surface area (Å²) in [6, 6.07) is 18.3. The molecule has 0 saturated carbocycles. The van der Waals surface area contributed by atoms with E-state index in [-0.39, 0.29) is 10.6 Å². The highest BCUT2D eigenvalue weighted by Gasteiger charge is 2.28. The van der Waals surface area contributed by atoms with Crippen molar-refractivity contribution in [3.63, 3.8) is 0 Å². The molecule has 190 valence electrons. The molecule has 9 nitrogen and oxygen atoms in total. The van der Waals surface area contributed by atoms with E-state index in [1.165, 1.54) is 38.6 Å². The molecular weight excluding hydrogens is 548 g/mol. The van der Waals surface area contributed by atoms with Crippen molar-refractivity contribution in [1.82, 2.24) is 5.43 Å². The lowest BCUT2D eigenvalue weighted by atomic mass is 10.2. The Labute approximate surface area is 219 Å². The molecule has 0 saturated heterocycles. The minimum absolute atomic E-state index is 0.0499. The van der Waals surface area contributed by atoms with Crippen molar-refractivity contribution in [1.29, 1.82) is 0 Å². The SMILES string of the molecule is COc1ccc(S(=O)(=O)N(CC(=O)N/N=C\c2ccc(N(C)C)c(Br)c2)c2ccccc2)cc1OC. The highest BCUT2D eigenvalue weighted by Crippen LogP contribution is 2.32. The van der Waals surface area contributed by atoms with Crippen LogP contribution in [-0.4, -0.2) is 55.4 Å². The zero-order chi connectivity index (χ0) is 26.3. The van der Waals surface area contributed by atoms with Crippen LogP contribution in [-0.2, 0) is 14.8 Å². The van der Waals surface area contributed by atoms with Gasteiger partial charge in [-0.15, -0.1) is 0 Å². The maximum Gasteiger partial charge on any atom is 0.264 e. The van der Waals surface area contributed by atoms with E-state index in [0.29, 0.717) is 11.4 Å². The molecule has 0 aliphatic heterocycles. The number of para-hydroxylation sites is 1. The van der Waals surface area contributed by atoms with Gasteiger partial charge in [-0.2, -0.15) is 5.10 Å². The van der Waals surface area contributed by atoms with Crippen molar-refractivity contribution >= 4 is 49.4 Å². The number of benzene rings is 3. The van der Waals surface area contributed by atoms with Gasteiger partial charge in [0.05, 0.1) is 36.7 Å². The topological polar surface area (TPSA) is 101 Å². The number of hydrazone groups is 1. The van der Waals surface area contributed by atoms with Crippen molar-refractivity contribution < 1.29 is 22.7 Å². The zero-order valence-corrected chi connectivity index (χ0v) is 22.7. The number of hydrogen-bond acceptors (Lipinski definition) is 7. The average molecular weight is 575 g/mol. The van der Waals surface area contributed by atoms with Gasteiger partial charge < -0.3 is 14.4 Å². The fourth-order valence-electron chi connectivity index (χ4n) is 3.32. The second kappa shape index (κ2) is 11.9. The largest absolute Gasteiger partial charge is 0.493 e. The third-order valence-corrected chi connectivity index (χ3v) is 7.54. The molecule has 0 aliphatic rings. The summed E-state index contributed by atoms with van der Waals surface area (Å²) in [5, 5.41) is 3.99. The Morgan fingerprint density at radius 2 is 1.69 bits per heavy atom. The molecule has 0 atom stereocenters. The van der Waals surface area contributed by atoms with Crippen LogP contribution in [0.2, 0.25) is 0 Å². The molecule has 0 radical (unpaired) electrons. The monoisotopic (exact) mass is 574 g/mol. The minimum atomic E-state index is -4.13. The quantitative estimate of drug-likeness (QED) is 0.291. The molecule has 0 fully saturated rings. The molecule has 36 heavy (non-hydrogen) atoms. The smallest absolute Gasteiger partial charge is 0.264 e. The Morgan fingerprint density at radius 3 is 2.31 bits per heavy atom. The second-order valence-electron chi connectivity index (χ2n) is 7.76. The van der Waals surface area contributed by atoms with Crippen LogP contribution in [0, 0.1) is 0 Å². The third kappa shape index (κ3) is 6.35. The first-order valence-electron chi connectivity index (χ1n) is 10.8. The van der Waals surface area contributed by atoms with E-state index in [1.807, 2.05) is 37.2 Å². The number of methoxy groups -OCH3 is 2. The predicted molar refractivity (Wildman–Crippen MR) is 145 cm³/mol.